The van der Waals surface area contributed by atoms with Crippen LogP contribution in [-0.4, -0.2) is 0 Å². The van der Waals surface area contributed by atoms with Gasteiger partial charge in [-0.1, -0.05) is 69.7 Å². The van der Waals surface area contributed by atoms with Gasteiger partial charge in [0.2, 0.25) is 0 Å². The van der Waals surface area contributed by atoms with Crippen LogP contribution in [0.4, 0.5) is 11.4 Å². The Labute approximate surface area is 251 Å². The van der Waals surface area contributed by atoms with Gasteiger partial charge in [0.05, 0.1) is 0 Å². The van der Waals surface area contributed by atoms with Gasteiger partial charge in [0.25, 0.3) is 0 Å². The van der Waals surface area contributed by atoms with Crippen molar-refractivity contribution in [3.63, 3.8) is 0 Å². The molecule has 4 aromatic carbocycles. The molecule has 0 aliphatic heterocycles. The number of nitrogen functional groups attached to an aromatic ring is 2. The van der Waals surface area contributed by atoms with E-state index in [0.717, 1.165) is 34.4 Å². The highest BCUT2D eigenvalue weighted by atomic mass is 16.5. The Hall–Kier alpha value is -3.92. The molecule has 0 aromatic heterocycles. The van der Waals surface area contributed by atoms with E-state index in [2.05, 4.69) is 43.3 Å². The number of nitrogens with two attached hydrogens (primary N) is 2. The maximum atomic E-state index is 6.46. The predicted octanol–water partition coefficient (Wildman–Crippen LogP) is 10.7. The topological polar surface area (TPSA) is 70.5 Å². The van der Waals surface area contributed by atoms with E-state index in [4.69, 9.17) is 20.9 Å². The molecule has 0 saturated heterocycles. The molecule has 2 saturated carbocycles. The average molecular weight is 561 g/mol. The van der Waals surface area contributed by atoms with Gasteiger partial charge in [-0.05, 0) is 120 Å². The van der Waals surface area contributed by atoms with Gasteiger partial charge in [-0.2, -0.15) is 0 Å². The Morgan fingerprint density at radius 3 is 1.29 bits per heavy atom. The third-order valence-corrected chi connectivity index (χ3v) is 9.37. The Morgan fingerprint density at radius 2 is 0.905 bits per heavy atom. The number of benzene rings is 4. The molecule has 0 amide bonds. The fraction of sp³-hybridized carbons (Fsp3) is 0.368. The van der Waals surface area contributed by atoms with Gasteiger partial charge < -0.3 is 20.9 Å². The second kappa shape index (κ2) is 12.9. The van der Waals surface area contributed by atoms with Crippen molar-refractivity contribution in [2.45, 2.75) is 88.9 Å². The van der Waals surface area contributed by atoms with Crippen molar-refractivity contribution in [2.75, 3.05) is 11.5 Å². The Morgan fingerprint density at radius 1 is 0.524 bits per heavy atom. The van der Waals surface area contributed by atoms with Crippen LogP contribution >= 0.6 is 0 Å². The first-order valence-electron chi connectivity index (χ1n) is 15.9. The molecule has 0 radical (unpaired) electrons. The first-order chi connectivity index (χ1) is 20.5. The largest absolute Gasteiger partial charge is 0.457 e. The van der Waals surface area contributed by atoms with Gasteiger partial charge >= 0.3 is 0 Å². The molecule has 0 heterocycles. The monoisotopic (exact) mass is 560 g/mol. The second-order valence-corrected chi connectivity index (χ2v) is 12.3. The number of hydrogen-bond acceptors (Lipinski definition) is 4. The lowest BCUT2D eigenvalue weighted by Gasteiger charge is -2.27. The maximum Gasteiger partial charge on any atom is 0.130 e. The summed E-state index contributed by atoms with van der Waals surface area (Å²) in [4.78, 5) is 0. The normalized spacial score (nSPS) is 16.4. The van der Waals surface area contributed by atoms with Crippen molar-refractivity contribution in [2.24, 2.45) is 0 Å². The lowest BCUT2D eigenvalue weighted by molar-refractivity contribution is 0.418. The van der Waals surface area contributed by atoms with Crippen molar-refractivity contribution in [3.05, 3.63) is 107 Å². The third-order valence-electron chi connectivity index (χ3n) is 9.37. The quantitative estimate of drug-likeness (QED) is 0.210. The summed E-state index contributed by atoms with van der Waals surface area (Å²) in [6, 6.07) is 29.1. The van der Waals surface area contributed by atoms with E-state index in [0.29, 0.717) is 11.8 Å². The molecular formula is C38H44N2O2. The molecule has 0 spiro atoms. The summed E-state index contributed by atoms with van der Waals surface area (Å²) in [5.74, 6) is 4.92. The van der Waals surface area contributed by atoms with Crippen LogP contribution in [0.15, 0.2) is 84.9 Å². The number of ether oxygens (including phenoxy) is 2. The molecule has 218 valence electrons. The van der Waals surface area contributed by atoms with Crippen molar-refractivity contribution in [1.29, 1.82) is 0 Å². The van der Waals surface area contributed by atoms with Crippen LogP contribution in [0.3, 0.4) is 0 Å². The molecule has 2 aliphatic carbocycles. The standard InChI is InChI=1S/C38H44N2O2/c1-26(29-12-22-37(41-33-18-14-31(39)15-19-33)35(24-29)27-8-4-2-5-9-27)30-13-23-38(42-34-20-16-32(40)17-21-34)36(25-30)28-10-6-3-7-11-28/h12-28H,2-11,39-40H2,1H3. The lowest BCUT2D eigenvalue weighted by atomic mass is 9.80. The molecule has 6 rings (SSSR count). The molecule has 4 heteroatoms. The molecule has 0 atom stereocenters. The third kappa shape index (κ3) is 6.59. The predicted molar refractivity (Wildman–Crippen MR) is 174 cm³/mol. The SMILES string of the molecule is CC(c1ccc(Oc2ccc(N)cc2)c(C2CCCCC2)c1)c1ccc(Oc2ccc(N)cc2)c(C2CCCCC2)c1. The Bertz CT molecular complexity index is 1350. The lowest BCUT2D eigenvalue weighted by Crippen LogP contribution is -2.09. The van der Waals surface area contributed by atoms with Crippen LogP contribution in [0.5, 0.6) is 23.0 Å². The van der Waals surface area contributed by atoms with Gasteiger partial charge in [-0.15, -0.1) is 0 Å². The number of anilines is 2. The van der Waals surface area contributed by atoms with E-state index in [1.807, 2.05) is 48.5 Å². The van der Waals surface area contributed by atoms with Gasteiger partial charge in [0, 0.05) is 17.3 Å². The second-order valence-electron chi connectivity index (χ2n) is 12.3. The van der Waals surface area contributed by atoms with E-state index in [-0.39, 0.29) is 5.92 Å². The van der Waals surface area contributed by atoms with Crippen LogP contribution in [0, 0.1) is 0 Å². The van der Waals surface area contributed by atoms with Crippen molar-refractivity contribution in [3.8, 4) is 23.0 Å². The van der Waals surface area contributed by atoms with Gasteiger partial charge in [0.15, 0.2) is 0 Å². The van der Waals surface area contributed by atoms with Gasteiger partial charge in [0.1, 0.15) is 23.0 Å². The van der Waals surface area contributed by atoms with E-state index < -0.39 is 0 Å². The van der Waals surface area contributed by atoms with Crippen LogP contribution in [0.1, 0.15) is 111 Å². The summed E-state index contributed by atoms with van der Waals surface area (Å²) in [5, 5.41) is 0. The van der Waals surface area contributed by atoms with Crippen molar-refractivity contribution < 1.29 is 9.47 Å². The average Bonchev–Trinajstić information content (AvgIpc) is 3.04. The molecule has 42 heavy (non-hydrogen) atoms. The molecule has 4 N–H and O–H groups in total. The molecule has 2 aliphatic rings. The van der Waals surface area contributed by atoms with Gasteiger partial charge in [-0.3, -0.25) is 0 Å². The highest BCUT2D eigenvalue weighted by molar-refractivity contribution is 5.50. The zero-order chi connectivity index (χ0) is 28.9. The first-order valence-corrected chi connectivity index (χ1v) is 15.9. The summed E-state index contributed by atoms with van der Waals surface area (Å²) in [6.07, 6.45) is 12.7. The molecule has 0 unspecified atom stereocenters. The summed E-state index contributed by atoms with van der Waals surface area (Å²) < 4.78 is 12.9. The zero-order valence-electron chi connectivity index (χ0n) is 24.9. The van der Waals surface area contributed by atoms with E-state index in [1.165, 1.54) is 86.5 Å². The van der Waals surface area contributed by atoms with Crippen molar-refractivity contribution in [1.82, 2.24) is 0 Å². The first kappa shape index (κ1) is 28.2. The fourth-order valence-electron chi connectivity index (χ4n) is 6.84. The highest BCUT2D eigenvalue weighted by Gasteiger charge is 2.24. The summed E-state index contributed by atoms with van der Waals surface area (Å²) in [6.45, 7) is 2.33. The molecule has 2 fully saturated rings. The van der Waals surface area contributed by atoms with Crippen LogP contribution in [-0.2, 0) is 0 Å². The maximum absolute atomic E-state index is 6.46. The number of hydrogen-bond donors (Lipinski definition) is 2. The minimum atomic E-state index is 0.255. The molecule has 4 nitrogen and oxygen atoms in total. The van der Waals surface area contributed by atoms with E-state index in [1.54, 1.807) is 0 Å². The smallest absolute Gasteiger partial charge is 0.130 e. The van der Waals surface area contributed by atoms with Gasteiger partial charge in [-0.25, -0.2) is 0 Å². The Balaban J connectivity index is 1.32. The summed E-state index contributed by atoms with van der Waals surface area (Å²) in [7, 11) is 0. The highest BCUT2D eigenvalue weighted by Crippen LogP contribution is 2.43. The summed E-state index contributed by atoms with van der Waals surface area (Å²) in [5.41, 5.74) is 18.7. The minimum Gasteiger partial charge on any atom is -0.457 e. The minimum absolute atomic E-state index is 0.255. The van der Waals surface area contributed by atoms with Crippen LogP contribution in [0.2, 0.25) is 0 Å². The van der Waals surface area contributed by atoms with Crippen molar-refractivity contribution >= 4 is 11.4 Å². The molecule has 0 bridgehead atoms. The van der Waals surface area contributed by atoms with Crippen LogP contribution in [0.25, 0.3) is 0 Å². The Kier molecular flexibility index (Phi) is 8.69. The van der Waals surface area contributed by atoms with E-state index >= 15 is 0 Å². The molecule has 4 aromatic rings. The van der Waals surface area contributed by atoms with Crippen LogP contribution < -0.4 is 20.9 Å². The molecular weight excluding hydrogens is 516 g/mol. The summed E-state index contributed by atoms with van der Waals surface area (Å²) >= 11 is 0. The van der Waals surface area contributed by atoms with E-state index in [9.17, 15) is 0 Å². The fourth-order valence-corrected chi connectivity index (χ4v) is 6.84. The zero-order valence-corrected chi connectivity index (χ0v) is 24.9. The number of rotatable bonds is 8.